The molecular weight excluding hydrogens is 4110 g/mol. The second-order valence-corrected chi connectivity index (χ2v) is 56.0. The lowest BCUT2D eigenvalue weighted by molar-refractivity contribution is -0.132. The summed E-state index contributed by atoms with van der Waals surface area (Å²) in [5.41, 5.74) is -0.173. The topological polar surface area (TPSA) is 603 Å². The van der Waals surface area contributed by atoms with Crippen molar-refractivity contribution < 1.29 is 167 Å². The van der Waals surface area contributed by atoms with Crippen LogP contribution < -0.4 is 38.5 Å². The number of carbonyl (C=O) groups excluding carboxylic acids is 8. The molecule has 0 bridgehead atoms. The lowest BCUT2D eigenvalue weighted by Gasteiger charge is -2.23. The van der Waals surface area contributed by atoms with Gasteiger partial charge in [-0.05, 0) is 557 Å². The highest BCUT2D eigenvalue weighted by molar-refractivity contribution is 14.1. The summed E-state index contributed by atoms with van der Waals surface area (Å²) in [7, 11) is -30.6. The number of rotatable bonds is 24. The molecule has 0 aliphatic rings. The van der Waals surface area contributed by atoms with E-state index in [1.54, 1.807) is 68.4 Å². The van der Waals surface area contributed by atoms with Gasteiger partial charge in [0.05, 0.1) is 28.6 Å². The molecule has 0 radical (unpaired) electrons. The number of halogens is 20. The number of ether oxygens (including phenoxy) is 8. The number of esters is 7. The zero-order valence-corrected chi connectivity index (χ0v) is 110. The molecule has 0 spiro atoms. The van der Waals surface area contributed by atoms with E-state index in [9.17, 15) is 97.3 Å². The molecule has 0 saturated carbocycles. The van der Waals surface area contributed by atoms with Gasteiger partial charge in [0.2, 0.25) is 0 Å². The standard InChI is InChI=1S/C14H18INO7S.C8H3I5O5S.C8H4I4O5S.2C8H5I3O5S.2C8H6I2O5S/c1-4-14(2,3)23-13(18)16-9-5-6-11(10(15)7-9)22-12(17)8-24(19,20)21;9-3-4(10)6(12)8(7(13)5(3)11)18-2(14)1-19(15,16)17;9-3-1-4(7(11)8(12)6(3)10)17-5(13)2-18(14,15)16;9-4-1-5(10)8(11)6(2-4)16-7(12)3-17(13,14)15;9-4-1-5(10)8(6(11)2-4)16-7(12)3-17(13,14)15;9-5-1-6(10)3-7(2-5)15-8(11)4-16(12,13)14;9-5-1-2-7(6(10)3-5)15-8(11)4-16(12,13)14/h5-7H,4,8H2,1-3H3,(H,16,18)(H,19,20,21);1H2,(H,15,16,17);1H,2H2,(H,14,15,16);2*1-2H,3H2,(H,13,14,15);2*1-3H,4H2,(H,12,13,14). The van der Waals surface area contributed by atoms with E-state index in [0.29, 0.717) is 47.2 Å². The van der Waals surface area contributed by atoms with Crippen molar-refractivity contribution in [2.75, 3.05) is 45.6 Å². The second kappa shape index (κ2) is 59.4. The Bertz CT molecular complexity index is 6110. The summed E-state index contributed by atoms with van der Waals surface area (Å²) in [6, 6.07) is 23.2. The second-order valence-electron chi connectivity index (χ2n) is 23.0. The van der Waals surface area contributed by atoms with E-state index in [1.807, 2.05) is 245 Å². The van der Waals surface area contributed by atoms with Crippen LogP contribution in [-0.4, -0.2) is 185 Å². The van der Waals surface area contributed by atoms with Gasteiger partial charge in [0.1, 0.15) is 34.3 Å². The van der Waals surface area contributed by atoms with E-state index in [4.69, 9.17) is 69.8 Å². The monoisotopic (exact) mass is 4160 g/mol. The van der Waals surface area contributed by atoms with E-state index >= 15 is 0 Å². The molecule has 0 aliphatic carbocycles. The van der Waals surface area contributed by atoms with E-state index in [2.05, 4.69) is 231 Å². The Balaban J connectivity index is 0.000000744. The summed E-state index contributed by atoms with van der Waals surface area (Å²) in [6.07, 6.45) is 0.0365. The Morgan fingerprint density at radius 2 is 0.567 bits per heavy atom. The summed E-state index contributed by atoms with van der Waals surface area (Å²) in [5.74, 6) is -12.8. The fourth-order valence-electron chi connectivity index (χ4n) is 6.90. The Morgan fingerprint density at radius 1 is 0.283 bits per heavy atom. The fraction of sp³-hybridized carbons (Fsp3) is 0.194. The Hall–Kier alpha value is 4.07. The van der Waals surface area contributed by atoms with Crippen LogP contribution in [0.1, 0.15) is 27.2 Å². The fourth-order valence-corrected chi connectivity index (χ4v) is 27.7. The first kappa shape index (κ1) is 129. The van der Waals surface area contributed by atoms with Gasteiger partial charge in [0, 0.05) is 48.5 Å². The first-order valence-corrected chi connectivity index (χ1v) is 63.8. The largest absolute Gasteiger partial charge is 0.443 e. The summed E-state index contributed by atoms with van der Waals surface area (Å²) in [5, 5.41) is 2.55. The van der Waals surface area contributed by atoms with E-state index in [1.165, 1.54) is 18.2 Å². The first-order chi connectivity index (χ1) is 57.5. The van der Waals surface area contributed by atoms with Crippen molar-refractivity contribution in [3.8, 4) is 40.2 Å². The van der Waals surface area contributed by atoms with Gasteiger partial charge in [-0.1, -0.05) is 6.92 Å². The van der Waals surface area contributed by atoms with Crippen molar-refractivity contribution in [1.29, 1.82) is 0 Å². The minimum absolute atomic E-state index is 0.108. The summed E-state index contributed by atoms with van der Waals surface area (Å²) >= 11 is 41.1. The van der Waals surface area contributed by atoms with Gasteiger partial charge in [-0.25, -0.2) is 4.79 Å². The van der Waals surface area contributed by atoms with E-state index in [0.717, 1.165) is 53.6 Å². The Labute approximate surface area is 997 Å². The van der Waals surface area contributed by atoms with Crippen LogP contribution in [0.25, 0.3) is 0 Å². The predicted molar refractivity (Wildman–Crippen MR) is 628 cm³/mol. The van der Waals surface area contributed by atoms with E-state index in [-0.39, 0.29) is 23.0 Å². The van der Waals surface area contributed by atoms with E-state index < -0.39 is 165 Å². The summed E-state index contributed by atoms with van der Waals surface area (Å²) < 4.78 is 263. The van der Waals surface area contributed by atoms with Gasteiger partial charge in [-0.2, -0.15) is 58.9 Å². The van der Waals surface area contributed by atoms with Crippen molar-refractivity contribution in [2.45, 2.75) is 32.8 Å². The molecule has 8 N–H and O–H groups in total. The minimum atomic E-state index is -4.45. The maximum absolute atomic E-state index is 11.8. The van der Waals surface area contributed by atoms with Crippen LogP contribution in [0, 0.1) is 71.4 Å². The molecule has 0 fully saturated rings. The number of benzene rings is 7. The number of amides is 1. The number of hydrogen-bond donors (Lipinski definition) is 8. The number of hydrogen-bond acceptors (Lipinski definition) is 30. The van der Waals surface area contributed by atoms with Crippen molar-refractivity contribution in [2.24, 2.45) is 0 Å². The van der Waals surface area contributed by atoms with Crippen LogP contribution in [0.15, 0.2) is 84.9 Å². The smallest absolute Gasteiger partial charge is 0.412 e. The van der Waals surface area contributed by atoms with Crippen LogP contribution in [0.3, 0.4) is 0 Å². The molecule has 704 valence electrons. The van der Waals surface area contributed by atoms with Crippen LogP contribution >= 0.6 is 452 Å². The van der Waals surface area contributed by atoms with Gasteiger partial charge in [-0.3, -0.25) is 70.7 Å². The molecule has 0 aliphatic heterocycles. The molecule has 38 nitrogen and oxygen atoms in total. The van der Waals surface area contributed by atoms with Crippen molar-refractivity contribution in [3.05, 3.63) is 156 Å². The molecule has 0 aromatic heterocycles. The predicted octanol–water partition coefficient (Wildman–Crippen LogP) is 17.2. The quantitative estimate of drug-likeness (QED) is 0.00695. The van der Waals surface area contributed by atoms with Crippen LogP contribution in [0.4, 0.5) is 10.5 Å². The molecule has 0 saturated heterocycles. The van der Waals surface area contributed by atoms with Crippen LogP contribution in [0.2, 0.25) is 0 Å². The van der Waals surface area contributed by atoms with Crippen molar-refractivity contribution >= 4 is 576 Å². The zero-order chi connectivity index (χ0) is 98.7. The number of carbonyl (C=O) groups is 8. The Morgan fingerprint density at radius 3 is 0.929 bits per heavy atom. The highest BCUT2D eigenvalue weighted by atomic mass is 127. The average Bonchev–Trinajstić information content (AvgIpc) is 0.832. The maximum atomic E-state index is 11.8. The summed E-state index contributed by atoms with van der Waals surface area (Å²) in [6.45, 7) is 5.47. The lowest BCUT2D eigenvalue weighted by atomic mass is 10.1. The molecule has 0 atom stereocenters. The zero-order valence-electron chi connectivity index (χ0n) is 61.5. The minimum Gasteiger partial charge on any atom is -0.443 e. The third-order valence-electron chi connectivity index (χ3n) is 12.0. The maximum Gasteiger partial charge on any atom is 0.412 e. The molecule has 0 heterocycles. The number of anilines is 1. The van der Waals surface area contributed by atoms with Crippen molar-refractivity contribution in [1.82, 2.24) is 0 Å². The molecule has 127 heavy (non-hydrogen) atoms. The molecule has 7 aromatic carbocycles. The van der Waals surface area contributed by atoms with Gasteiger partial charge in [-0.15, -0.1) is 0 Å². The molecule has 7 aromatic rings. The highest BCUT2D eigenvalue weighted by Gasteiger charge is 2.28. The molecule has 1 amide bonds. The van der Waals surface area contributed by atoms with Gasteiger partial charge in [0.15, 0.2) is 51.8 Å². The summed E-state index contributed by atoms with van der Waals surface area (Å²) in [4.78, 5) is 90.6. The molecule has 0 unspecified atom stereocenters. The van der Waals surface area contributed by atoms with Gasteiger partial charge >= 0.3 is 47.9 Å². The average molecular weight is 4160 g/mol. The van der Waals surface area contributed by atoms with Crippen molar-refractivity contribution in [3.63, 3.8) is 0 Å². The van der Waals surface area contributed by atoms with Gasteiger partial charge < -0.3 is 37.9 Å². The van der Waals surface area contributed by atoms with Crippen LogP contribution in [-0.2, 0) is 109 Å². The highest BCUT2D eigenvalue weighted by Crippen LogP contribution is 2.40. The first-order valence-electron chi connectivity index (χ1n) is 30.9. The SMILES string of the molecule is CCC(C)(C)OC(=O)Nc1ccc(OC(=O)CS(=O)(=O)O)c(I)c1.O=C(CS(=O)(=O)O)Oc1c(I)c(I)c(I)c(I)c1I.O=C(CS(=O)(=O)O)Oc1c(I)cc(I)cc1I.O=C(CS(=O)(=O)O)Oc1cc(I)c(I)c(I)c1I.O=C(CS(=O)(=O)O)Oc1cc(I)cc(I)c1.O=C(CS(=O)(=O)O)Oc1cc(I)cc(I)c1I.O=C(CS(=O)(=O)O)Oc1ccc(I)cc1I. The van der Waals surface area contributed by atoms with Crippen LogP contribution in [0.5, 0.6) is 40.2 Å². The number of nitrogens with one attached hydrogen (secondary N) is 1. The van der Waals surface area contributed by atoms with Gasteiger partial charge in [0.25, 0.3) is 70.8 Å². The third kappa shape index (κ3) is 57.2. The Kier molecular flexibility index (Phi) is 60.3. The normalized spacial score (nSPS) is 11.4. The lowest BCUT2D eigenvalue weighted by Crippen LogP contribution is -2.29. The molecule has 65 heteroatoms. The molecular formula is C62H47I20NO37S7. The molecule has 7 rings (SSSR count). The third-order valence-corrected chi connectivity index (χ3v) is 42.2.